The van der Waals surface area contributed by atoms with Crippen molar-refractivity contribution < 1.29 is 18.9 Å². The summed E-state index contributed by atoms with van der Waals surface area (Å²) >= 11 is 1.10. The average molecular weight is 484 g/mol. The maximum absolute atomic E-state index is 13.1. The lowest BCUT2D eigenvalue weighted by molar-refractivity contribution is -0.384. The van der Waals surface area contributed by atoms with Crippen molar-refractivity contribution in [3.05, 3.63) is 71.8 Å². The zero-order chi connectivity index (χ0) is 25.2. The van der Waals surface area contributed by atoms with E-state index in [1.807, 2.05) is 0 Å². The number of non-ortho nitro benzene ring substituents is 1. The summed E-state index contributed by atoms with van der Waals surface area (Å²) in [7, 11) is 3.19. The van der Waals surface area contributed by atoms with E-state index in [1.54, 1.807) is 65.2 Å². The summed E-state index contributed by atoms with van der Waals surface area (Å²) in [6.07, 6.45) is 2.95. The Labute approximate surface area is 199 Å². The van der Waals surface area contributed by atoms with E-state index in [9.17, 15) is 24.5 Å². The Morgan fingerprint density at radius 3 is 2.35 bits per heavy atom. The van der Waals surface area contributed by atoms with Crippen molar-refractivity contribution in [1.82, 2.24) is 9.47 Å². The molecular formula is C24H25N3O6S. The molecule has 0 aliphatic rings. The second kappa shape index (κ2) is 9.60. The first-order valence-corrected chi connectivity index (χ1v) is 11.2. The zero-order valence-electron chi connectivity index (χ0n) is 19.5. The Bertz CT molecular complexity index is 1420. The Morgan fingerprint density at radius 2 is 1.79 bits per heavy atom. The van der Waals surface area contributed by atoms with Gasteiger partial charge in [0, 0.05) is 49.4 Å². The first-order valence-electron chi connectivity index (χ1n) is 10.4. The third-order valence-corrected chi connectivity index (χ3v) is 6.04. The second-order valence-corrected chi connectivity index (χ2v) is 9.96. The van der Waals surface area contributed by atoms with E-state index in [0.29, 0.717) is 26.3 Å². The van der Waals surface area contributed by atoms with Crippen molar-refractivity contribution in [1.29, 1.82) is 0 Å². The molecule has 178 valence electrons. The van der Waals surface area contributed by atoms with Gasteiger partial charge in [-0.25, -0.2) is 0 Å². The summed E-state index contributed by atoms with van der Waals surface area (Å²) in [5, 5.41) is 10.8. The van der Waals surface area contributed by atoms with E-state index >= 15 is 0 Å². The van der Waals surface area contributed by atoms with Gasteiger partial charge in [0.05, 0.1) is 9.46 Å². The maximum atomic E-state index is 13.1. The van der Waals surface area contributed by atoms with Gasteiger partial charge in [-0.15, -0.1) is 11.3 Å². The number of ketones is 1. The molecule has 0 spiro atoms. The van der Waals surface area contributed by atoms with E-state index in [1.165, 1.54) is 27.7 Å². The van der Waals surface area contributed by atoms with Crippen LogP contribution in [0.15, 0.2) is 45.6 Å². The lowest BCUT2D eigenvalue weighted by Gasteiger charge is -2.13. The number of hydrogen-bond acceptors (Lipinski definition) is 7. The standard InChI is InChI=1S/C24H25N3O6S/c1-24(2,3)20(28)13-22-26(14-21(29)25(4)5)23(30)19(34-22)12-17-10-11-18(33-17)15-6-8-16(9-7-15)27(31)32/h6-13H,14H2,1-5H3/b19-12+,22-13-. The summed E-state index contributed by atoms with van der Waals surface area (Å²) in [6.45, 7) is 5.15. The van der Waals surface area contributed by atoms with Gasteiger partial charge < -0.3 is 9.32 Å². The van der Waals surface area contributed by atoms with E-state index in [-0.39, 0.29) is 23.9 Å². The topological polar surface area (TPSA) is 116 Å². The molecular weight excluding hydrogens is 458 g/mol. The molecule has 0 aliphatic heterocycles. The highest BCUT2D eigenvalue weighted by Gasteiger charge is 2.20. The lowest BCUT2D eigenvalue weighted by atomic mass is 9.91. The first kappa shape index (κ1) is 24.8. The highest BCUT2D eigenvalue weighted by atomic mass is 32.1. The summed E-state index contributed by atoms with van der Waals surface area (Å²) in [5.41, 5.74) is -0.417. The Morgan fingerprint density at radius 1 is 1.15 bits per heavy atom. The number of nitro groups is 1. The van der Waals surface area contributed by atoms with Gasteiger partial charge in [0.25, 0.3) is 11.2 Å². The van der Waals surface area contributed by atoms with Crippen molar-refractivity contribution in [2.24, 2.45) is 5.41 Å². The van der Waals surface area contributed by atoms with Gasteiger partial charge in [0.15, 0.2) is 5.78 Å². The number of nitrogens with zero attached hydrogens (tertiary/aromatic N) is 3. The van der Waals surface area contributed by atoms with Crippen LogP contribution in [0.1, 0.15) is 26.5 Å². The van der Waals surface area contributed by atoms with Crippen LogP contribution < -0.4 is 14.8 Å². The van der Waals surface area contributed by atoms with E-state index < -0.39 is 15.9 Å². The fourth-order valence-electron chi connectivity index (χ4n) is 2.86. The largest absolute Gasteiger partial charge is 0.457 e. The molecule has 0 bridgehead atoms. The Kier molecular flexibility index (Phi) is 7.01. The predicted octanol–water partition coefficient (Wildman–Crippen LogP) is 2.39. The molecule has 0 radical (unpaired) electrons. The van der Waals surface area contributed by atoms with Gasteiger partial charge in [0.2, 0.25) is 5.91 Å². The molecule has 0 unspecified atom stereocenters. The molecule has 0 aliphatic carbocycles. The number of Topliss-reactive ketones (excluding diaryl/α,β-unsaturated/α-hetero) is 1. The molecule has 0 saturated heterocycles. The van der Waals surface area contributed by atoms with Crippen LogP contribution >= 0.6 is 11.3 Å². The fraction of sp³-hybridized carbons (Fsp3) is 0.292. The van der Waals surface area contributed by atoms with E-state index in [2.05, 4.69) is 0 Å². The molecule has 1 amide bonds. The number of carbonyl (C=O) groups is 2. The highest BCUT2D eigenvalue weighted by molar-refractivity contribution is 7.07. The minimum Gasteiger partial charge on any atom is -0.457 e. The highest BCUT2D eigenvalue weighted by Crippen LogP contribution is 2.24. The number of rotatable bonds is 6. The molecule has 3 rings (SSSR count). The summed E-state index contributed by atoms with van der Waals surface area (Å²) in [5.74, 6) is 0.439. The minimum absolute atomic E-state index is 0.0258. The molecule has 1 aromatic carbocycles. The van der Waals surface area contributed by atoms with E-state index in [0.717, 1.165) is 11.3 Å². The Balaban J connectivity index is 2.06. The molecule has 0 saturated carbocycles. The summed E-state index contributed by atoms with van der Waals surface area (Å²) in [4.78, 5) is 49.7. The van der Waals surface area contributed by atoms with E-state index in [4.69, 9.17) is 4.42 Å². The van der Waals surface area contributed by atoms with Crippen molar-refractivity contribution in [2.75, 3.05) is 14.1 Å². The van der Waals surface area contributed by atoms with Crippen molar-refractivity contribution >= 4 is 40.9 Å². The number of carbonyl (C=O) groups excluding carboxylic acids is 2. The molecule has 0 atom stereocenters. The van der Waals surface area contributed by atoms with Crippen LogP contribution in [-0.4, -0.2) is 40.2 Å². The molecule has 3 aromatic rings. The Hall–Kier alpha value is -3.79. The fourth-order valence-corrected chi connectivity index (χ4v) is 3.88. The van der Waals surface area contributed by atoms with Gasteiger partial charge in [-0.2, -0.15) is 0 Å². The third-order valence-electron chi connectivity index (χ3n) is 4.99. The van der Waals surface area contributed by atoms with Crippen LogP contribution in [0.25, 0.3) is 23.5 Å². The van der Waals surface area contributed by atoms with Gasteiger partial charge in [-0.1, -0.05) is 20.8 Å². The molecule has 9 nitrogen and oxygen atoms in total. The molecule has 34 heavy (non-hydrogen) atoms. The lowest BCUT2D eigenvalue weighted by Crippen LogP contribution is -2.38. The van der Waals surface area contributed by atoms with Gasteiger partial charge in [-0.05, 0) is 24.3 Å². The normalized spacial score (nSPS) is 12.7. The predicted molar refractivity (Wildman–Crippen MR) is 130 cm³/mol. The summed E-state index contributed by atoms with van der Waals surface area (Å²) < 4.78 is 7.80. The number of nitro benzene ring substituents is 1. The molecule has 0 fully saturated rings. The SMILES string of the molecule is CN(C)C(=O)Cn1c(=O)/c(=C\c2ccc(-c3ccc([N+](=O)[O-])cc3)o2)s/c1=C\C(=O)C(C)(C)C. The monoisotopic (exact) mass is 483 g/mol. The smallest absolute Gasteiger partial charge is 0.269 e. The van der Waals surface area contributed by atoms with Crippen LogP contribution in [0.3, 0.4) is 0 Å². The van der Waals surface area contributed by atoms with Crippen molar-refractivity contribution in [3.63, 3.8) is 0 Å². The van der Waals surface area contributed by atoms with Crippen LogP contribution in [0.2, 0.25) is 0 Å². The zero-order valence-corrected chi connectivity index (χ0v) is 20.3. The van der Waals surface area contributed by atoms with Gasteiger partial charge in [-0.3, -0.25) is 29.1 Å². The third kappa shape index (κ3) is 5.57. The second-order valence-electron chi connectivity index (χ2n) is 8.89. The molecule has 10 heteroatoms. The number of likely N-dealkylation sites (N-methyl/N-ethyl adjacent to an activating group) is 1. The maximum Gasteiger partial charge on any atom is 0.269 e. The van der Waals surface area contributed by atoms with Gasteiger partial charge in [0.1, 0.15) is 22.7 Å². The number of aromatic nitrogens is 1. The summed E-state index contributed by atoms with van der Waals surface area (Å²) in [6, 6.07) is 9.30. The number of amides is 1. The van der Waals surface area contributed by atoms with Gasteiger partial charge >= 0.3 is 0 Å². The first-order chi connectivity index (χ1) is 15.9. The minimum atomic E-state index is -0.638. The van der Waals surface area contributed by atoms with Crippen LogP contribution in [0.4, 0.5) is 5.69 Å². The number of hydrogen-bond donors (Lipinski definition) is 0. The number of furan rings is 1. The molecule has 2 heterocycles. The van der Waals surface area contributed by atoms with Crippen LogP contribution in [0.5, 0.6) is 0 Å². The van der Waals surface area contributed by atoms with Crippen LogP contribution in [-0.2, 0) is 16.1 Å². The molecule has 2 aromatic heterocycles. The quantitative estimate of drug-likeness (QED) is 0.393. The molecule has 0 N–H and O–H groups in total. The number of benzene rings is 1. The average Bonchev–Trinajstić information content (AvgIpc) is 3.33. The van der Waals surface area contributed by atoms with Crippen molar-refractivity contribution in [2.45, 2.75) is 27.3 Å². The van der Waals surface area contributed by atoms with Crippen molar-refractivity contribution in [3.8, 4) is 11.3 Å². The van der Waals surface area contributed by atoms with Crippen LogP contribution in [0, 0.1) is 15.5 Å². The number of thiazole rings is 1.